The largest absolute Gasteiger partial charge is 0.497 e. The Labute approximate surface area is 192 Å². The highest BCUT2D eigenvalue weighted by molar-refractivity contribution is 7.92. The van der Waals surface area contributed by atoms with Gasteiger partial charge in [0, 0.05) is 26.1 Å². The number of esters is 2. The molecule has 12 nitrogen and oxygen atoms in total. The fourth-order valence-electron chi connectivity index (χ4n) is 3.44. The summed E-state index contributed by atoms with van der Waals surface area (Å²) in [6.07, 6.45) is -5.98. The third-order valence-electron chi connectivity index (χ3n) is 4.90. The quantitative estimate of drug-likeness (QED) is 0.516. The first-order chi connectivity index (χ1) is 15.9. The zero-order chi connectivity index (χ0) is 25.2. The summed E-state index contributed by atoms with van der Waals surface area (Å²) in [7, 11) is -3.35. The Kier molecular flexibility index (Phi) is 7.21. The molecule has 2 heterocycles. The number of hydrogen-bond donors (Lipinski definition) is 1. The van der Waals surface area contributed by atoms with Gasteiger partial charge in [-0.2, -0.15) is 0 Å². The van der Waals surface area contributed by atoms with Crippen molar-refractivity contribution in [1.29, 1.82) is 0 Å². The fourth-order valence-corrected chi connectivity index (χ4v) is 4.79. The van der Waals surface area contributed by atoms with Gasteiger partial charge in [-0.3, -0.25) is 23.9 Å². The van der Waals surface area contributed by atoms with E-state index in [4.69, 9.17) is 18.9 Å². The number of benzene rings is 1. The average Bonchev–Trinajstić information content (AvgIpc) is 3.09. The van der Waals surface area contributed by atoms with E-state index < -0.39 is 68.0 Å². The summed E-state index contributed by atoms with van der Waals surface area (Å²) in [4.78, 5) is 48.7. The van der Waals surface area contributed by atoms with Crippen molar-refractivity contribution in [3.05, 3.63) is 57.4 Å². The van der Waals surface area contributed by atoms with Crippen molar-refractivity contribution in [3.63, 3.8) is 0 Å². The van der Waals surface area contributed by atoms with E-state index in [-0.39, 0.29) is 0 Å². The number of aromatic nitrogens is 2. The molecule has 0 aliphatic carbocycles. The molecule has 0 amide bonds. The zero-order valence-electron chi connectivity index (χ0n) is 18.2. The number of ether oxygens (including phenoxy) is 4. The number of halogens is 1. The number of carbonyl (C=O) groups is 2. The van der Waals surface area contributed by atoms with Gasteiger partial charge in [-0.1, -0.05) is 0 Å². The van der Waals surface area contributed by atoms with Gasteiger partial charge in [0.2, 0.25) is 15.3 Å². The van der Waals surface area contributed by atoms with Crippen molar-refractivity contribution in [2.45, 2.75) is 48.8 Å². The average molecular weight is 500 g/mol. The maximum absolute atomic E-state index is 15.6. The van der Waals surface area contributed by atoms with Gasteiger partial charge in [0.05, 0.1) is 12.0 Å². The number of nitrogens with one attached hydrogen (secondary N) is 1. The number of nitrogens with zero attached hydrogens (tertiary/aromatic N) is 1. The minimum Gasteiger partial charge on any atom is -0.497 e. The lowest BCUT2D eigenvalue weighted by Gasteiger charge is -2.24. The Bertz CT molecular complexity index is 1290. The summed E-state index contributed by atoms with van der Waals surface area (Å²) in [6.45, 7) is 1.98. The number of hydrogen-bond acceptors (Lipinski definition) is 10. The number of sulfone groups is 1. The molecule has 0 bridgehead atoms. The van der Waals surface area contributed by atoms with Gasteiger partial charge in [-0.05, 0) is 24.3 Å². The van der Waals surface area contributed by atoms with Crippen LogP contribution >= 0.6 is 0 Å². The highest BCUT2D eigenvalue weighted by Gasteiger charge is 2.56. The first-order valence-electron chi connectivity index (χ1n) is 9.79. The molecule has 34 heavy (non-hydrogen) atoms. The topological polar surface area (TPSA) is 160 Å². The van der Waals surface area contributed by atoms with Crippen LogP contribution in [0.1, 0.15) is 20.1 Å². The monoisotopic (exact) mass is 500 g/mol. The highest BCUT2D eigenvalue weighted by Crippen LogP contribution is 2.38. The summed E-state index contributed by atoms with van der Waals surface area (Å²) >= 11 is 0. The van der Waals surface area contributed by atoms with E-state index in [2.05, 4.69) is 0 Å². The molecule has 0 spiro atoms. The molecule has 1 N–H and O–H groups in total. The molecule has 1 aromatic heterocycles. The van der Waals surface area contributed by atoms with Gasteiger partial charge in [-0.15, -0.1) is 0 Å². The molecule has 0 radical (unpaired) electrons. The maximum atomic E-state index is 15.6. The van der Waals surface area contributed by atoms with Crippen LogP contribution in [0.5, 0.6) is 5.75 Å². The molecule has 184 valence electrons. The van der Waals surface area contributed by atoms with Crippen LogP contribution < -0.4 is 16.0 Å². The van der Waals surface area contributed by atoms with Gasteiger partial charge >= 0.3 is 17.6 Å². The number of aromatic amines is 1. The van der Waals surface area contributed by atoms with Crippen molar-refractivity contribution in [1.82, 2.24) is 9.55 Å². The summed E-state index contributed by atoms with van der Waals surface area (Å²) < 4.78 is 63.0. The number of alkyl halides is 1. The van der Waals surface area contributed by atoms with E-state index in [1.807, 2.05) is 4.98 Å². The van der Waals surface area contributed by atoms with Crippen LogP contribution in [0.15, 0.2) is 51.0 Å². The standard InChI is InChI=1S/C20H21FN2O10S/c1-10(24)31-15-16(18(21)34(28,29)13-6-4-12(30-3)5-7-13)33-19(17(15)32-11(2)25)23-9-8-14(26)22-20(23)27/h4-9,15-19H,1-3H3,(H,22,26,27)/t15-,16+,17-,18?,19-/m1/s1. The van der Waals surface area contributed by atoms with Crippen molar-refractivity contribution >= 4 is 21.8 Å². The molecule has 2 aromatic rings. The second kappa shape index (κ2) is 9.77. The van der Waals surface area contributed by atoms with E-state index in [9.17, 15) is 27.6 Å². The van der Waals surface area contributed by atoms with E-state index in [0.29, 0.717) is 5.75 Å². The third kappa shape index (κ3) is 5.02. The molecule has 3 rings (SSSR count). The highest BCUT2D eigenvalue weighted by atomic mass is 32.2. The van der Waals surface area contributed by atoms with Gasteiger partial charge < -0.3 is 18.9 Å². The molecule has 1 saturated heterocycles. The molecule has 1 aliphatic heterocycles. The number of carbonyl (C=O) groups excluding carboxylic acids is 2. The minimum atomic E-state index is -4.71. The molecule has 1 aromatic carbocycles. The van der Waals surface area contributed by atoms with Gasteiger partial charge in [-0.25, -0.2) is 17.6 Å². The summed E-state index contributed by atoms with van der Waals surface area (Å²) in [5.41, 5.74) is -4.56. The van der Waals surface area contributed by atoms with Crippen LogP contribution in [0.3, 0.4) is 0 Å². The fraction of sp³-hybridized carbons (Fsp3) is 0.400. The van der Waals surface area contributed by atoms with Crippen LogP contribution in [0.4, 0.5) is 4.39 Å². The van der Waals surface area contributed by atoms with Crippen molar-refractivity contribution in [2.24, 2.45) is 0 Å². The lowest BCUT2D eigenvalue weighted by Crippen LogP contribution is -2.45. The molecule has 5 atom stereocenters. The Morgan fingerprint density at radius 2 is 1.65 bits per heavy atom. The maximum Gasteiger partial charge on any atom is 0.330 e. The number of rotatable bonds is 7. The lowest BCUT2D eigenvalue weighted by molar-refractivity contribution is -0.165. The Hall–Kier alpha value is -3.52. The first kappa shape index (κ1) is 25.1. The number of H-pyrrole nitrogens is 1. The van der Waals surface area contributed by atoms with Crippen LogP contribution in [0, 0.1) is 0 Å². The molecule has 1 unspecified atom stereocenters. The van der Waals surface area contributed by atoms with Crippen LogP contribution in [-0.2, 0) is 33.6 Å². The SMILES string of the molecule is COc1ccc(S(=O)(=O)C(F)[C@H]2O[C@@H](n3ccc(=O)[nH]c3=O)[C@H](OC(C)=O)[C@@H]2OC(C)=O)cc1. The molecular weight excluding hydrogens is 479 g/mol. The molecule has 14 heteroatoms. The van der Waals surface area contributed by atoms with Crippen LogP contribution in [-0.4, -0.2) is 60.8 Å². The predicted molar refractivity (Wildman–Crippen MR) is 111 cm³/mol. The second-order valence-corrected chi connectivity index (χ2v) is 9.24. The van der Waals surface area contributed by atoms with Crippen molar-refractivity contribution < 1.29 is 41.3 Å². The van der Waals surface area contributed by atoms with Gasteiger partial charge in [0.25, 0.3) is 5.56 Å². The molecular formula is C20H21FN2O10S. The van der Waals surface area contributed by atoms with Crippen molar-refractivity contribution in [2.75, 3.05) is 7.11 Å². The van der Waals surface area contributed by atoms with E-state index in [1.165, 1.54) is 19.2 Å². The summed E-state index contributed by atoms with van der Waals surface area (Å²) in [6, 6.07) is 5.80. The third-order valence-corrected chi connectivity index (χ3v) is 6.69. The Balaban J connectivity index is 2.07. The molecule has 1 fully saturated rings. The van der Waals surface area contributed by atoms with E-state index >= 15 is 4.39 Å². The Morgan fingerprint density at radius 1 is 1.06 bits per heavy atom. The summed E-state index contributed by atoms with van der Waals surface area (Å²) in [5, 5.41) is 0. The summed E-state index contributed by atoms with van der Waals surface area (Å²) in [5.74, 6) is -1.52. The first-order valence-corrected chi connectivity index (χ1v) is 11.3. The smallest absolute Gasteiger partial charge is 0.330 e. The van der Waals surface area contributed by atoms with Gasteiger partial charge in [0.1, 0.15) is 11.9 Å². The second-order valence-electron chi connectivity index (χ2n) is 7.23. The Morgan fingerprint density at radius 3 is 2.18 bits per heavy atom. The minimum absolute atomic E-state index is 0.330. The lowest BCUT2D eigenvalue weighted by atomic mass is 10.1. The van der Waals surface area contributed by atoms with Crippen LogP contribution in [0.2, 0.25) is 0 Å². The van der Waals surface area contributed by atoms with Crippen LogP contribution in [0.25, 0.3) is 0 Å². The predicted octanol–water partition coefficient (Wildman–Crippen LogP) is 0.0755. The van der Waals surface area contributed by atoms with Crippen molar-refractivity contribution in [3.8, 4) is 5.75 Å². The van der Waals surface area contributed by atoms with E-state index in [0.717, 1.165) is 42.8 Å². The zero-order valence-corrected chi connectivity index (χ0v) is 19.0. The van der Waals surface area contributed by atoms with Gasteiger partial charge in [0.15, 0.2) is 18.4 Å². The molecule has 1 aliphatic rings. The number of methoxy groups -OCH3 is 1. The van der Waals surface area contributed by atoms with E-state index in [1.54, 1.807) is 0 Å². The molecule has 0 saturated carbocycles. The normalized spacial score (nSPS) is 23.2.